The molecule has 3 amide bonds. The van der Waals surface area contributed by atoms with Crippen molar-refractivity contribution in [3.8, 4) is 5.75 Å². The summed E-state index contributed by atoms with van der Waals surface area (Å²) in [5.74, 6) is -2.42. The van der Waals surface area contributed by atoms with Crippen LogP contribution in [0.25, 0.3) is 0 Å². The Morgan fingerprint density at radius 3 is 2.60 bits per heavy atom. The summed E-state index contributed by atoms with van der Waals surface area (Å²) in [6.07, 6.45) is 0. The number of hydrogen-bond acceptors (Lipinski definition) is 6. The van der Waals surface area contributed by atoms with Crippen LogP contribution in [-0.2, 0) is 19.1 Å². The van der Waals surface area contributed by atoms with Crippen molar-refractivity contribution < 1.29 is 32.6 Å². The SMILES string of the molecule is CC(C)(C)CN[C@@H](C(N)=O)C(=O)Nc1ccc(N2CCOCC2=O)cc1OC(F)F. The van der Waals surface area contributed by atoms with Crippen LogP contribution in [0.15, 0.2) is 18.2 Å². The second-order valence-electron chi connectivity index (χ2n) is 7.92. The van der Waals surface area contributed by atoms with Crippen molar-refractivity contribution in [1.29, 1.82) is 0 Å². The minimum Gasteiger partial charge on any atom is -0.433 e. The average Bonchev–Trinajstić information content (AvgIpc) is 2.62. The number of hydrogen-bond donors (Lipinski definition) is 3. The van der Waals surface area contributed by atoms with Crippen LogP contribution in [0, 0.1) is 5.41 Å². The van der Waals surface area contributed by atoms with Crippen molar-refractivity contribution in [3.63, 3.8) is 0 Å². The summed E-state index contributed by atoms with van der Waals surface area (Å²) in [6, 6.07) is 2.63. The Bertz CT molecular complexity index is 798. The Hall–Kier alpha value is -2.79. The van der Waals surface area contributed by atoms with Gasteiger partial charge in [0.2, 0.25) is 5.91 Å². The molecule has 0 bridgehead atoms. The van der Waals surface area contributed by atoms with E-state index in [0.717, 1.165) is 0 Å². The Kier molecular flexibility index (Phi) is 7.68. The number of nitrogens with two attached hydrogens (primary N) is 1. The third-order valence-electron chi connectivity index (χ3n) is 4.12. The van der Waals surface area contributed by atoms with Crippen LogP contribution in [0.5, 0.6) is 5.75 Å². The number of halogens is 2. The molecule has 166 valence electrons. The molecular weight excluding hydrogens is 402 g/mol. The molecule has 1 saturated heterocycles. The number of ether oxygens (including phenoxy) is 2. The van der Waals surface area contributed by atoms with Crippen molar-refractivity contribution in [3.05, 3.63) is 18.2 Å². The van der Waals surface area contributed by atoms with Crippen molar-refractivity contribution >= 4 is 29.1 Å². The van der Waals surface area contributed by atoms with Crippen LogP contribution in [0.3, 0.4) is 0 Å². The number of primary amides is 1. The predicted molar refractivity (Wildman–Crippen MR) is 105 cm³/mol. The van der Waals surface area contributed by atoms with Gasteiger partial charge in [-0.05, 0) is 17.5 Å². The number of rotatable bonds is 8. The number of nitrogens with one attached hydrogen (secondary N) is 2. The molecule has 0 aliphatic carbocycles. The van der Waals surface area contributed by atoms with E-state index in [9.17, 15) is 23.2 Å². The van der Waals surface area contributed by atoms with E-state index >= 15 is 0 Å². The number of anilines is 2. The van der Waals surface area contributed by atoms with Crippen molar-refractivity contribution in [1.82, 2.24) is 5.32 Å². The van der Waals surface area contributed by atoms with Gasteiger partial charge in [0.15, 0.2) is 11.8 Å². The van der Waals surface area contributed by atoms with E-state index in [1.54, 1.807) is 0 Å². The number of carbonyl (C=O) groups is 3. The fraction of sp³-hybridized carbons (Fsp3) is 0.526. The first-order chi connectivity index (χ1) is 14.0. The Balaban J connectivity index is 2.24. The van der Waals surface area contributed by atoms with Gasteiger partial charge >= 0.3 is 6.61 Å². The highest BCUT2D eigenvalue weighted by Crippen LogP contribution is 2.32. The normalized spacial score (nSPS) is 15.8. The molecule has 30 heavy (non-hydrogen) atoms. The molecule has 1 aromatic carbocycles. The van der Waals surface area contributed by atoms with E-state index < -0.39 is 24.5 Å². The molecule has 1 atom stereocenters. The van der Waals surface area contributed by atoms with Gasteiger partial charge in [0.05, 0.1) is 12.3 Å². The Morgan fingerprint density at radius 1 is 1.33 bits per heavy atom. The predicted octanol–water partition coefficient (Wildman–Crippen LogP) is 1.08. The van der Waals surface area contributed by atoms with Crippen LogP contribution >= 0.6 is 0 Å². The number of amides is 3. The number of morpholine rings is 1. The molecule has 0 saturated carbocycles. The number of carbonyl (C=O) groups excluding carboxylic acids is 3. The minimum atomic E-state index is -3.16. The highest BCUT2D eigenvalue weighted by Gasteiger charge is 2.28. The van der Waals surface area contributed by atoms with E-state index in [2.05, 4.69) is 15.4 Å². The van der Waals surface area contributed by atoms with Gasteiger partial charge in [0, 0.05) is 24.8 Å². The maximum atomic E-state index is 12.9. The average molecular weight is 428 g/mol. The molecule has 11 heteroatoms. The zero-order chi connectivity index (χ0) is 22.5. The van der Waals surface area contributed by atoms with Crippen LogP contribution in [-0.4, -0.2) is 56.7 Å². The Morgan fingerprint density at radius 2 is 2.03 bits per heavy atom. The van der Waals surface area contributed by atoms with Crippen LogP contribution in [0.2, 0.25) is 0 Å². The van der Waals surface area contributed by atoms with Gasteiger partial charge in [0.1, 0.15) is 6.61 Å². The lowest BCUT2D eigenvalue weighted by molar-refractivity contribution is -0.128. The lowest BCUT2D eigenvalue weighted by Crippen LogP contribution is -2.51. The summed E-state index contributed by atoms with van der Waals surface area (Å²) in [5.41, 5.74) is 5.30. The number of alkyl halides is 2. The van der Waals surface area contributed by atoms with E-state index in [4.69, 9.17) is 10.5 Å². The second-order valence-corrected chi connectivity index (χ2v) is 7.92. The van der Waals surface area contributed by atoms with E-state index in [1.807, 2.05) is 20.8 Å². The summed E-state index contributed by atoms with van der Waals surface area (Å²) in [4.78, 5) is 37.6. The van der Waals surface area contributed by atoms with Gasteiger partial charge in [-0.15, -0.1) is 0 Å². The highest BCUT2D eigenvalue weighted by atomic mass is 19.3. The van der Waals surface area contributed by atoms with Gasteiger partial charge in [-0.3, -0.25) is 19.7 Å². The minimum absolute atomic E-state index is 0.0893. The summed E-state index contributed by atoms with van der Waals surface area (Å²) in [5, 5.41) is 5.15. The third kappa shape index (κ3) is 6.63. The second kappa shape index (κ2) is 9.81. The van der Waals surface area contributed by atoms with Gasteiger partial charge in [-0.2, -0.15) is 8.78 Å². The molecule has 0 spiro atoms. The largest absolute Gasteiger partial charge is 0.433 e. The first-order valence-corrected chi connectivity index (χ1v) is 9.28. The molecule has 4 N–H and O–H groups in total. The first-order valence-electron chi connectivity index (χ1n) is 9.28. The molecule has 1 aliphatic rings. The van der Waals surface area contributed by atoms with Crippen molar-refractivity contribution in [2.24, 2.45) is 11.1 Å². The zero-order valence-electron chi connectivity index (χ0n) is 17.0. The van der Waals surface area contributed by atoms with Gasteiger partial charge in [-0.1, -0.05) is 20.8 Å². The molecule has 2 rings (SSSR count). The molecular formula is C19H26F2N4O5. The smallest absolute Gasteiger partial charge is 0.387 e. The molecule has 0 unspecified atom stereocenters. The summed E-state index contributed by atoms with van der Waals surface area (Å²) in [6.45, 7) is 3.27. The third-order valence-corrected chi connectivity index (χ3v) is 4.12. The standard InChI is InChI=1S/C19H26F2N4O5/c1-19(2,3)10-23-15(16(22)27)17(28)24-12-5-4-11(8-13(12)30-18(20)21)25-6-7-29-9-14(25)26/h4-5,8,15,18,23H,6-7,9-10H2,1-3H3,(H2,22,27)(H,24,28)/t15-/m0/s1. The molecule has 1 heterocycles. The van der Waals surface area contributed by atoms with Gasteiger partial charge in [-0.25, -0.2) is 0 Å². The van der Waals surface area contributed by atoms with E-state index in [0.29, 0.717) is 18.8 Å². The topological polar surface area (TPSA) is 123 Å². The van der Waals surface area contributed by atoms with E-state index in [1.165, 1.54) is 23.1 Å². The van der Waals surface area contributed by atoms with Gasteiger partial charge < -0.3 is 25.4 Å². The maximum absolute atomic E-state index is 12.9. The molecule has 0 radical (unpaired) electrons. The Labute approximate surface area is 172 Å². The number of benzene rings is 1. The number of nitrogens with zero attached hydrogens (tertiary/aromatic N) is 1. The monoisotopic (exact) mass is 428 g/mol. The van der Waals surface area contributed by atoms with Crippen LogP contribution in [0.1, 0.15) is 20.8 Å². The fourth-order valence-electron chi connectivity index (χ4n) is 2.70. The lowest BCUT2D eigenvalue weighted by atomic mass is 9.96. The quantitative estimate of drug-likeness (QED) is 0.533. The molecule has 0 aromatic heterocycles. The molecule has 1 aromatic rings. The highest BCUT2D eigenvalue weighted by molar-refractivity contribution is 6.10. The summed E-state index contributed by atoms with van der Waals surface area (Å²) >= 11 is 0. The first kappa shape index (κ1) is 23.5. The van der Waals surface area contributed by atoms with Crippen molar-refractivity contribution in [2.75, 3.05) is 36.5 Å². The fourth-order valence-corrected chi connectivity index (χ4v) is 2.70. The zero-order valence-corrected chi connectivity index (χ0v) is 17.0. The lowest BCUT2D eigenvalue weighted by Gasteiger charge is -2.27. The van der Waals surface area contributed by atoms with Crippen LogP contribution in [0.4, 0.5) is 20.2 Å². The van der Waals surface area contributed by atoms with E-state index in [-0.39, 0.29) is 35.9 Å². The molecule has 9 nitrogen and oxygen atoms in total. The molecule has 1 aliphatic heterocycles. The van der Waals surface area contributed by atoms with Gasteiger partial charge in [0.25, 0.3) is 11.8 Å². The van der Waals surface area contributed by atoms with Crippen LogP contribution < -0.4 is 26.0 Å². The molecule has 1 fully saturated rings. The summed E-state index contributed by atoms with van der Waals surface area (Å²) < 4.78 is 35.4. The van der Waals surface area contributed by atoms with Crippen molar-refractivity contribution in [2.45, 2.75) is 33.4 Å². The summed E-state index contributed by atoms with van der Waals surface area (Å²) in [7, 11) is 0. The maximum Gasteiger partial charge on any atom is 0.387 e.